The summed E-state index contributed by atoms with van der Waals surface area (Å²) >= 11 is 0. The number of benzene rings is 5. The average Bonchev–Trinajstić information content (AvgIpc) is 3.26. The monoisotopic (exact) mass is 661 g/mol. The molecule has 1 heterocycles. The minimum absolute atomic E-state index is 0.0491. The van der Waals surface area contributed by atoms with Gasteiger partial charge in [0.2, 0.25) is 0 Å². The number of nitrogens with zero attached hydrogens (tertiary/aromatic N) is 3. The summed E-state index contributed by atoms with van der Waals surface area (Å²) in [7, 11) is 0. The average molecular weight is 662 g/mol. The van der Waals surface area contributed by atoms with Crippen molar-refractivity contribution >= 4 is 22.7 Å². The molecule has 0 spiro atoms. The first-order valence-corrected chi connectivity index (χ1v) is 18.0. The molecule has 0 bridgehead atoms. The fraction of sp³-hybridized carbons (Fsp3) is 0.319. The van der Waals surface area contributed by atoms with Crippen LogP contribution in [0, 0.1) is 5.41 Å². The summed E-state index contributed by atoms with van der Waals surface area (Å²) in [6, 6.07) is 48.3. The molecule has 0 aromatic heterocycles. The molecule has 0 atom stereocenters. The van der Waals surface area contributed by atoms with E-state index in [0.29, 0.717) is 0 Å². The Morgan fingerprint density at radius 2 is 0.940 bits per heavy atom. The van der Waals surface area contributed by atoms with E-state index in [1.807, 2.05) is 0 Å². The highest BCUT2D eigenvalue weighted by atomic mass is 15.5. The molecule has 0 aliphatic carbocycles. The molecule has 5 aromatic carbocycles. The van der Waals surface area contributed by atoms with E-state index in [2.05, 4.69) is 224 Å². The van der Waals surface area contributed by atoms with E-state index in [-0.39, 0.29) is 22.0 Å². The van der Waals surface area contributed by atoms with E-state index in [1.165, 1.54) is 39.3 Å². The maximum atomic E-state index is 2.71. The van der Waals surface area contributed by atoms with Gasteiger partial charge in [0, 0.05) is 28.3 Å². The van der Waals surface area contributed by atoms with Gasteiger partial charge in [-0.25, -0.2) is 0 Å². The third-order valence-electron chi connectivity index (χ3n) is 11.7. The van der Waals surface area contributed by atoms with Crippen LogP contribution in [-0.2, 0) is 0 Å². The quantitative estimate of drug-likeness (QED) is 0.172. The van der Waals surface area contributed by atoms with Crippen molar-refractivity contribution < 1.29 is 0 Å². The van der Waals surface area contributed by atoms with Crippen molar-refractivity contribution in [1.29, 1.82) is 0 Å². The normalized spacial score (nSPS) is 15.7. The highest BCUT2D eigenvalue weighted by Gasteiger charge is 2.61. The standard InChI is InChI=1S/C47H55N3/c1-34(2)43-49(46(8,9)47(10,11)50(43)45(6,7)44(3,4)5)42-24-18-23-41(33-42)48(39-29-25-37(26-30-39)35-19-14-12-15-20-35)40-31-27-38(28-32-40)36-21-16-13-17-22-36/h12-33H,1-11H3. The van der Waals surface area contributed by atoms with E-state index < -0.39 is 0 Å². The summed E-state index contributed by atoms with van der Waals surface area (Å²) in [5.41, 5.74) is 10.3. The number of anilines is 4. The molecule has 0 N–H and O–H groups in total. The van der Waals surface area contributed by atoms with Crippen LogP contribution in [0.3, 0.4) is 0 Å². The zero-order valence-electron chi connectivity index (χ0n) is 32.0. The minimum atomic E-state index is -0.208. The summed E-state index contributed by atoms with van der Waals surface area (Å²) in [5, 5.41) is 0. The van der Waals surface area contributed by atoms with Gasteiger partial charge in [0.15, 0.2) is 0 Å². The van der Waals surface area contributed by atoms with Gasteiger partial charge in [-0.05, 0) is 131 Å². The molecule has 0 radical (unpaired) electrons. The molecule has 0 amide bonds. The third-order valence-corrected chi connectivity index (χ3v) is 11.7. The van der Waals surface area contributed by atoms with Crippen LogP contribution in [0.25, 0.3) is 22.3 Å². The Kier molecular flexibility index (Phi) is 9.01. The Bertz CT molecular complexity index is 1870. The van der Waals surface area contributed by atoms with Crippen molar-refractivity contribution in [2.24, 2.45) is 5.41 Å². The lowest BCUT2D eigenvalue weighted by atomic mass is 9.71. The molecule has 1 aliphatic heterocycles. The van der Waals surface area contributed by atoms with Gasteiger partial charge in [-0.2, -0.15) is 0 Å². The van der Waals surface area contributed by atoms with Gasteiger partial charge in [0.25, 0.3) is 0 Å². The predicted molar refractivity (Wildman–Crippen MR) is 216 cm³/mol. The molecule has 3 heteroatoms. The zero-order chi connectivity index (χ0) is 36.1. The molecule has 258 valence electrons. The third kappa shape index (κ3) is 6.02. The molecular formula is C47H55N3. The van der Waals surface area contributed by atoms with Crippen LogP contribution in [0.15, 0.2) is 145 Å². The first kappa shape index (κ1) is 35.1. The van der Waals surface area contributed by atoms with Gasteiger partial charge in [-0.3, -0.25) is 0 Å². The number of hydrogen-bond donors (Lipinski definition) is 0. The largest absolute Gasteiger partial charge is 0.345 e. The molecular weight excluding hydrogens is 607 g/mol. The van der Waals surface area contributed by atoms with Crippen LogP contribution in [0.2, 0.25) is 0 Å². The topological polar surface area (TPSA) is 9.72 Å². The Morgan fingerprint density at radius 3 is 1.36 bits per heavy atom. The molecule has 6 rings (SSSR count). The van der Waals surface area contributed by atoms with E-state index in [4.69, 9.17) is 0 Å². The summed E-state index contributed by atoms with van der Waals surface area (Å²) in [4.78, 5) is 7.71. The highest BCUT2D eigenvalue weighted by Crippen LogP contribution is 2.55. The lowest BCUT2D eigenvalue weighted by Crippen LogP contribution is -2.62. The van der Waals surface area contributed by atoms with Crippen molar-refractivity contribution in [2.45, 2.75) is 92.8 Å². The van der Waals surface area contributed by atoms with Gasteiger partial charge in [-0.15, -0.1) is 0 Å². The first-order valence-electron chi connectivity index (χ1n) is 18.0. The van der Waals surface area contributed by atoms with Gasteiger partial charge in [-0.1, -0.05) is 112 Å². The van der Waals surface area contributed by atoms with E-state index in [1.54, 1.807) is 0 Å². The Balaban J connectivity index is 1.49. The van der Waals surface area contributed by atoms with Crippen molar-refractivity contribution in [2.75, 3.05) is 9.80 Å². The maximum Gasteiger partial charge on any atom is 0.109 e. The van der Waals surface area contributed by atoms with Crippen molar-refractivity contribution in [3.63, 3.8) is 0 Å². The van der Waals surface area contributed by atoms with Crippen LogP contribution in [0.5, 0.6) is 0 Å². The molecule has 5 aromatic rings. The van der Waals surface area contributed by atoms with Crippen LogP contribution >= 0.6 is 0 Å². The second-order valence-electron chi connectivity index (χ2n) is 16.6. The Morgan fingerprint density at radius 1 is 0.500 bits per heavy atom. The lowest BCUT2D eigenvalue weighted by molar-refractivity contribution is -0.0154. The fourth-order valence-electron chi connectivity index (χ4n) is 7.45. The molecule has 1 aliphatic rings. The lowest BCUT2D eigenvalue weighted by Gasteiger charge is -2.54. The smallest absolute Gasteiger partial charge is 0.109 e. The molecule has 0 unspecified atom stereocenters. The van der Waals surface area contributed by atoms with Crippen LogP contribution in [0.1, 0.15) is 76.2 Å². The summed E-state index contributed by atoms with van der Waals surface area (Å²) in [6.45, 7) is 26.1. The fourth-order valence-corrected chi connectivity index (χ4v) is 7.45. The summed E-state index contributed by atoms with van der Waals surface area (Å²) < 4.78 is 0. The van der Waals surface area contributed by atoms with Crippen LogP contribution in [0.4, 0.5) is 22.7 Å². The summed E-state index contributed by atoms with van der Waals surface area (Å²) in [6.07, 6.45) is 0. The van der Waals surface area contributed by atoms with Crippen molar-refractivity contribution in [3.05, 3.63) is 145 Å². The first-order chi connectivity index (χ1) is 23.6. The molecule has 1 fully saturated rings. The molecule has 0 saturated carbocycles. The van der Waals surface area contributed by atoms with Gasteiger partial charge >= 0.3 is 0 Å². The second kappa shape index (κ2) is 12.8. The van der Waals surface area contributed by atoms with Crippen LogP contribution in [-0.4, -0.2) is 21.5 Å². The SMILES string of the molecule is CC(C)=C1N(c2cccc(N(c3ccc(-c4ccccc4)cc3)c3ccc(-c4ccccc4)cc3)c2)C(C)(C)C(C)(C)N1C(C)(C)C(C)(C)C. The number of allylic oxidation sites excluding steroid dienone is 1. The maximum absolute atomic E-state index is 2.71. The second-order valence-corrected chi connectivity index (χ2v) is 16.6. The zero-order valence-corrected chi connectivity index (χ0v) is 32.0. The van der Waals surface area contributed by atoms with Crippen molar-refractivity contribution in [1.82, 2.24) is 4.90 Å². The summed E-state index contributed by atoms with van der Waals surface area (Å²) in [5.74, 6) is 1.29. The Hall–Kier alpha value is -4.76. The van der Waals surface area contributed by atoms with Gasteiger partial charge < -0.3 is 14.7 Å². The van der Waals surface area contributed by atoms with Gasteiger partial charge in [0.1, 0.15) is 5.82 Å². The predicted octanol–water partition coefficient (Wildman–Crippen LogP) is 13.2. The van der Waals surface area contributed by atoms with E-state index in [9.17, 15) is 0 Å². The van der Waals surface area contributed by atoms with Crippen LogP contribution < -0.4 is 9.80 Å². The molecule has 1 saturated heterocycles. The molecule has 3 nitrogen and oxygen atoms in total. The van der Waals surface area contributed by atoms with E-state index in [0.717, 1.165) is 17.1 Å². The minimum Gasteiger partial charge on any atom is -0.345 e. The van der Waals surface area contributed by atoms with Crippen molar-refractivity contribution in [3.8, 4) is 22.3 Å². The Labute approximate surface area is 301 Å². The van der Waals surface area contributed by atoms with E-state index >= 15 is 0 Å². The number of rotatable bonds is 7. The van der Waals surface area contributed by atoms with Gasteiger partial charge in [0.05, 0.1) is 11.1 Å². The molecule has 50 heavy (non-hydrogen) atoms. The number of hydrogen-bond acceptors (Lipinski definition) is 3. The highest BCUT2D eigenvalue weighted by molar-refractivity contribution is 5.81.